The first-order valence-electron chi connectivity index (χ1n) is 12.3. The molecule has 0 saturated carbocycles. The number of methoxy groups -OCH3 is 1. The van der Waals surface area contributed by atoms with Crippen molar-refractivity contribution in [2.24, 2.45) is 0 Å². The molecule has 5 rings (SSSR count). The summed E-state index contributed by atoms with van der Waals surface area (Å²) in [7, 11) is 1.54. The van der Waals surface area contributed by atoms with E-state index >= 15 is 0 Å². The molecule has 39 heavy (non-hydrogen) atoms. The van der Waals surface area contributed by atoms with E-state index in [0.29, 0.717) is 57.3 Å². The highest BCUT2D eigenvalue weighted by Gasteiger charge is 2.48. The van der Waals surface area contributed by atoms with Crippen molar-refractivity contribution in [1.29, 1.82) is 0 Å². The standard InChI is InChI=1S/C29H25ClN2O6S/c1-4-37-21-13-8-17(14-22(21)38-5-2)25-24(26(33)16-6-10-19(36-3)11-7-16)27(34)28(35)32(25)29-31-20-12-9-18(30)15-23(20)39-29/h6-15,25,33H,4-5H2,1-3H3. The summed E-state index contributed by atoms with van der Waals surface area (Å²) in [5.41, 5.74) is 1.49. The lowest BCUT2D eigenvalue weighted by atomic mass is 9.95. The SMILES string of the molecule is CCOc1ccc(C2C(=C(O)c3ccc(OC)cc3)C(=O)C(=O)N2c2nc3ccc(Cl)cc3s2)cc1OCC. The average molecular weight is 565 g/mol. The Bertz CT molecular complexity index is 1600. The van der Waals surface area contributed by atoms with E-state index in [-0.39, 0.29) is 11.3 Å². The van der Waals surface area contributed by atoms with E-state index in [1.165, 1.54) is 23.3 Å². The van der Waals surface area contributed by atoms with Crippen molar-refractivity contribution in [2.75, 3.05) is 25.2 Å². The van der Waals surface area contributed by atoms with Gasteiger partial charge in [0.1, 0.15) is 11.5 Å². The Morgan fingerprint density at radius 1 is 1.00 bits per heavy atom. The molecule has 8 nitrogen and oxygen atoms in total. The fourth-order valence-corrected chi connectivity index (χ4v) is 5.75. The van der Waals surface area contributed by atoms with Gasteiger partial charge in [0.2, 0.25) is 0 Å². The Morgan fingerprint density at radius 2 is 1.72 bits per heavy atom. The molecular weight excluding hydrogens is 540 g/mol. The number of hydrogen-bond acceptors (Lipinski definition) is 8. The third kappa shape index (κ3) is 4.91. The number of aliphatic hydroxyl groups is 1. The fraction of sp³-hybridized carbons (Fsp3) is 0.207. The van der Waals surface area contributed by atoms with Crippen LogP contribution in [0.15, 0.2) is 66.2 Å². The monoisotopic (exact) mass is 564 g/mol. The van der Waals surface area contributed by atoms with Crippen molar-refractivity contribution in [2.45, 2.75) is 19.9 Å². The minimum absolute atomic E-state index is 0.0611. The van der Waals surface area contributed by atoms with Crippen molar-refractivity contribution in [3.05, 3.63) is 82.4 Å². The van der Waals surface area contributed by atoms with Crippen LogP contribution in [0.1, 0.15) is 31.0 Å². The number of ether oxygens (including phenoxy) is 3. The quantitative estimate of drug-likeness (QED) is 0.150. The maximum Gasteiger partial charge on any atom is 0.301 e. The van der Waals surface area contributed by atoms with Gasteiger partial charge in [-0.05, 0) is 74.0 Å². The van der Waals surface area contributed by atoms with E-state index in [4.69, 9.17) is 25.8 Å². The van der Waals surface area contributed by atoms with E-state index in [1.807, 2.05) is 13.8 Å². The van der Waals surface area contributed by atoms with Crippen LogP contribution in [0.25, 0.3) is 16.0 Å². The molecule has 1 aliphatic rings. The summed E-state index contributed by atoms with van der Waals surface area (Å²) >= 11 is 7.41. The average Bonchev–Trinajstić information content (AvgIpc) is 3.47. The number of halogens is 1. The second-order valence-electron chi connectivity index (χ2n) is 8.58. The van der Waals surface area contributed by atoms with E-state index in [9.17, 15) is 14.7 Å². The molecule has 2 heterocycles. The molecule has 1 unspecified atom stereocenters. The molecule has 1 amide bonds. The summed E-state index contributed by atoms with van der Waals surface area (Å²) in [6.07, 6.45) is 0. The summed E-state index contributed by atoms with van der Waals surface area (Å²) < 4.78 is 17.5. The van der Waals surface area contributed by atoms with E-state index in [2.05, 4.69) is 4.98 Å². The lowest BCUT2D eigenvalue weighted by Crippen LogP contribution is -2.29. The summed E-state index contributed by atoms with van der Waals surface area (Å²) in [6.45, 7) is 4.54. The number of rotatable bonds is 8. The van der Waals surface area contributed by atoms with Gasteiger partial charge in [-0.15, -0.1) is 0 Å². The van der Waals surface area contributed by atoms with Gasteiger partial charge in [0.05, 0.1) is 42.2 Å². The van der Waals surface area contributed by atoms with Crippen LogP contribution in [0.5, 0.6) is 17.2 Å². The van der Waals surface area contributed by atoms with Crippen LogP contribution in [0, 0.1) is 0 Å². The third-order valence-electron chi connectivity index (χ3n) is 6.24. The molecule has 10 heteroatoms. The second-order valence-corrected chi connectivity index (χ2v) is 10.0. The number of ketones is 1. The summed E-state index contributed by atoms with van der Waals surface area (Å²) in [5, 5.41) is 12.2. The molecule has 1 fully saturated rings. The zero-order valence-corrected chi connectivity index (χ0v) is 23.0. The van der Waals surface area contributed by atoms with Crippen LogP contribution in [0.3, 0.4) is 0 Å². The zero-order chi connectivity index (χ0) is 27.7. The van der Waals surface area contributed by atoms with Gasteiger partial charge in [-0.2, -0.15) is 0 Å². The summed E-state index contributed by atoms with van der Waals surface area (Å²) in [6, 6.07) is 16.0. The Kier molecular flexibility index (Phi) is 7.45. The number of fused-ring (bicyclic) bond motifs is 1. The first-order valence-corrected chi connectivity index (χ1v) is 13.5. The molecule has 1 aliphatic heterocycles. The number of benzene rings is 3. The summed E-state index contributed by atoms with van der Waals surface area (Å²) in [4.78, 5) is 33.0. The Balaban J connectivity index is 1.72. The van der Waals surface area contributed by atoms with Gasteiger partial charge in [-0.25, -0.2) is 4.98 Å². The van der Waals surface area contributed by atoms with Crippen molar-refractivity contribution in [1.82, 2.24) is 4.98 Å². The van der Waals surface area contributed by atoms with Crippen LogP contribution in [0.4, 0.5) is 5.13 Å². The first kappa shape index (κ1) is 26.5. The second kappa shape index (κ2) is 11.0. The predicted molar refractivity (Wildman–Crippen MR) is 151 cm³/mol. The van der Waals surface area contributed by atoms with Crippen LogP contribution < -0.4 is 19.1 Å². The Hall–Kier alpha value is -4.08. The predicted octanol–water partition coefficient (Wildman–Crippen LogP) is 6.38. The lowest BCUT2D eigenvalue weighted by Gasteiger charge is -2.24. The smallest absolute Gasteiger partial charge is 0.301 e. The number of hydrogen-bond donors (Lipinski definition) is 1. The number of aliphatic hydroxyl groups excluding tert-OH is 1. The lowest BCUT2D eigenvalue weighted by molar-refractivity contribution is -0.132. The number of amides is 1. The summed E-state index contributed by atoms with van der Waals surface area (Å²) in [5.74, 6) is -0.346. The van der Waals surface area contributed by atoms with E-state index < -0.39 is 17.7 Å². The molecular formula is C29H25ClN2O6S. The van der Waals surface area contributed by atoms with Crippen LogP contribution in [0.2, 0.25) is 5.02 Å². The number of nitrogens with zero attached hydrogens (tertiary/aromatic N) is 2. The highest BCUT2D eigenvalue weighted by atomic mass is 35.5. The van der Waals surface area contributed by atoms with Gasteiger partial charge in [0.25, 0.3) is 5.78 Å². The Labute approximate surface area is 234 Å². The van der Waals surface area contributed by atoms with Gasteiger partial charge < -0.3 is 19.3 Å². The third-order valence-corrected chi connectivity index (χ3v) is 7.49. The number of Topliss-reactive ketones (excluding diaryl/α,β-unsaturated/α-hetero) is 1. The minimum atomic E-state index is -0.974. The molecule has 0 aliphatic carbocycles. The van der Waals surface area contributed by atoms with Crippen molar-refractivity contribution in [3.63, 3.8) is 0 Å². The number of carbonyl (C=O) groups is 2. The van der Waals surface area contributed by atoms with Crippen molar-refractivity contribution < 1.29 is 28.9 Å². The maximum atomic E-state index is 13.6. The highest BCUT2D eigenvalue weighted by molar-refractivity contribution is 7.22. The van der Waals surface area contributed by atoms with Gasteiger partial charge in [-0.3, -0.25) is 14.5 Å². The molecule has 0 radical (unpaired) electrons. The minimum Gasteiger partial charge on any atom is -0.507 e. The normalized spacial score (nSPS) is 16.6. The van der Waals surface area contributed by atoms with Gasteiger partial charge in [-0.1, -0.05) is 29.0 Å². The number of anilines is 1. The van der Waals surface area contributed by atoms with Gasteiger partial charge in [0, 0.05) is 10.6 Å². The molecule has 1 N–H and O–H groups in total. The van der Waals surface area contributed by atoms with Crippen LogP contribution in [-0.2, 0) is 9.59 Å². The molecule has 1 atom stereocenters. The maximum absolute atomic E-state index is 13.6. The molecule has 200 valence electrons. The zero-order valence-electron chi connectivity index (χ0n) is 21.4. The number of aromatic nitrogens is 1. The molecule has 0 spiro atoms. The van der Waals surface area contributed by atoms with Crippen LogP contribution in [-0.4, -0.2) is 42.1 Å². The first-order chi connectivity index (χ1) is 18.9. The Morgan fingerprint density at radius 3 is 2.41 bits per heavy atom. The topological polar surface area (TPSA) is 98.2 Å². The molecule has 1 aromatic heterocycles. The number of thiazole rings is 1. The van der Waals surface area contributed by atoms with Crippen molar-refractivity contribution in [3.8, 4) is 17.2 Å². The van der Waals surface area contributed by atoms with Crippen molar-refractivity contribution >= 4 is 55.7 Å². The number of carbonyl (C=O) groups excluding carboxylic acids is 2. The molecule has 4 aromatic rings. The van der Waals surface area contributed by atoms with Gasteiger partial charge >= 0.3 is 5.91 Å². The van der Waals surface area contributed by atoms with Crippen LogP contribution >= 0.6 is 22.9 Å². The fourth-order valence-electron chi connectivity index (χ4n) is 4.48. The molecule has 0 bridgehead atoms. The largest absolute Gasteiger partial charge is 0.507 e. The molecule has 3 aromatic carbocycles. The van der Waals surface area contributed by atoms with Gasteiger partial charge in [0.15, 0.2) is 16.6 Å². The van der Waals surface area contributed by atoms with E-state index in [1.54, 1.807) is 60.7 Å². The van der Waals surface area contributed by atoms with E-state index in [0.717, 1.165) is 4.70 Å². The highest BCUT2D eigenvalue weighted by Crippen LogP contribution is 2.46. The molecule has 1 saturated heterocycles.